The van der Waals surface area contributed by atoms with E-state index >= 15 is 0 Å². The molecule has 0 aliphatic heterocycles. The second-order valence-corrected chi connectivity index (χ2v) is 5.90. The van der Waals surface area contributed by atoms with Crippen molar-refractivity contribution in [2.75, 3.05) is 12.4 Å². The lowest BCUT2D eigenvalue weighted by atomic mass is 10.1. The predicted molar refractivity (Wildman–Crippen MR) is 97.4 cm³/mol. The third-order valence-corrected chi connectivity index (χ3v) is 3.98. The minimum absolute atomic E-state index is 0.0908. The van der Waals surface area contributed by atoms with Crippen molar-refractivity contribution < 1.29 is 19.1 Å². The molecule has 0 radical (unpaired) electrons. The van der Waals surface area contributed by atoms with Gasteiger partial charge in [-0.1, -0.05) is 17.7 Å². The maximum Gasteiger partial charge on any atom is 0.341 e. The number of benzene rings is 2. The van der Waals surface area contributed by atoms with Gasteiger partial charge in [0.1, 0.15) is 11.3 Å². The molecule has 7 heteroatoms. The molecule has 1 N–H and O–H groups in total. The van der Waals surface area contributed by atoms with E-state index in [4.69, 9.17) is 26.3 Å². The van der Waals surface area contributed by atoms with E-state index in [1.54, 1.807) is 50.2 Å². The number of hydrogen-bond acceptors (Lipinski definition) is 5. The summed E-state index contributed by atoms with van der Waals surface area (Å²) in [6.07, 6.45) is -0.841. The average molecular weight is 373 g/mol. The number of esters is 1. The number of halogens is 1. The Hall–Kier alpha value is -3.04. The molecule has 26 heavy (non-hydrogen) atoms. The zero-order chi connectivity index (χ0) is 19.3. The van der Waals surface area contributed by atoms with Gasteiger partial charge in [0, 0.05) is 0 Å². The number of amides is 1. The highest BCUT2D eigenvalue weighted by Crippen LogP contribution is 2.29. The van der Waals surface area contributed by atoms with Gasteiger partial charge in [0.05, 0.1) is 29.5 Å². The number of methoxy groups -OCH3 is 1. The Bertz CT molecular complexity index is 872. The molecule has 0 spiro atoms. The van der Waals surface area contributed by atoms with E-state index in [9.17, 15) is 9.59 Å². The summed E-state index contributed by atoms with van der Waals surface area (Å²) in [5, 5.41) is 11.7. The minimum atomic E-state index is -0.841. The lowest BCUT2D eigenvalue weighted by molar-refractivity contribution is -0.122. The van der Waals surface area contributed by atoms with Crippen molar-refractivity contribution in [3.05, 3.63) is 58.1 Å². The number of hydrogen-bond donors (Lipinski definition) is 1. The van der Waals surface area contributed by atoms with E-state index in [2.05, 4.69) is 5.32 Å². The van der Waals surface area contributed by atoms with Crippen LogP contribution < -0.4 is 10.1 Å². The molecule has 0 heterocycles. The van der Waals surface area contributed by atoms with Crippen LogP contribution in [0.1, 0.15) is 28.4 Å². The Morgan fingerprint density at radius 3 is 2.42 bits per heavy atom. The van der Waals surface area contributed by atoms with Crippen LogP contribution in [-0.4, -0.2) is 25.1 Å². The molecule has 0 aliphatic carbocycles. The Morgan fingerprint density at radius 1 is 1.19 bits per heavy atom. The van der Waals surface area contributed by atoms with Crippen molar-refractivity contribution >= 4 is 29.2 Å². The summed E-state index contributed by atoms with van der Waals surface area (Å²) < 4.78 is 10.3. The highest BCUT2D eigenvalue weighted by atomic mass is 35.5. The zero-order valence-corrected chi connectivity index (χ0v) is 15.3. The van der Waals surface area contributed by atoms with Gasteiger partial charge < -0.3 is 14.8 Å². The van der Waals surface area contributed by atoms with Gasteiger partial charge in [-0.3, -0.25) is 4.79 Å². The van der Waals surface area contributed by atoms with Crippen molar-refractivity contribution in [3.63, 3.8) is 0 Å². The number of nitrogens with zero attached hydrogens (tertiary/aromatic N) is 1. The normalized spacial score (nSPS) is 11.2. The van der Waals surface area contributed by atoms with Crippen LogP contribution in [0.4, 0.5) is 5.69 Å². The lowest BCUT2D eigenvalue weighted by Gasteiger charge is -2.18. The summed E-state index contributed by atoms with van der Waals surface area (Å²) in [4.78, 5) is 24.5. The summed E-state index contributed by atoms with van der Waals surface area (Å²) in [6, 6.07) is 11.7. The molecule has 134 valence electrons. The quantitative estimate of drug-likeness (QED) is 0.808. The fourth-order valence-corrected chi connectivity index (χ4v) is 2.47. The standard InChI is InChI=1S/C19H17ClN2O4/c1-11-4-9-15(20)16(19(24)25-3)17(11)22-18(23)12(2)26-14-7-5-13(10-21)6-8-14/h4-9,12H,1-3H3,(H,22,23). The Balaban J connectivity index is 2.19. The molecular formula is C19H17ClN2O4. The van der Waals surface area contributed by atoms with Gasteiger partial charge in [-0.15, -0.1) is 0 Å². The summed E-state index contributed by atoms with van der Waals surface area (Å²) >= 11 is 6.09. The molecule has 0 aromatic heterocycles. The van der Waals surface area contributed by atoms with Gasteiger partial charge >= 0.3 is 5.97 Å². The largest absolute Gasteiger partial charge is 0.481 e. The van der Waals surface area contributed by atoms with Crippen molar-refractivity contribution in [1.29, 1.82) is 5.26 Å². The summed E-state index contributed by atoms with van der Waals surface area (Å²) in [6.45, 7) is 3.32. The summed E-state index contributed by atoms with van der Waals surface area (Å²) in [5.41, 5.74) is 1.53. The number of ether oxygens (including phenoxy) is 2. The second kappa shape index (κ2) is 8.37. The fraction of sp³-hybridized carbons (Fsp3) is 0.211. The van der Waals surface area contributed by atoms with Crippen LogP contribution in [0.5, 0.6) is 5.75 Å². The van der Waals surface area contributed by atoms with E-state index in [1.165, 1.54) is 7.11 Å². The van der Waals surface area contributed by atoms with Crippen LogP contribution in [0, 0.1) is 18.3 Å². The highest BCUT2D eigenvalue weighted by molar-refractivity contribution is 6.34. The van der Waals surface area contributed by atoms with Gasteiger partial charge in [0.2, 0.25) is 0 Å². The van der Waals surface area contributed by atoms with E-state index in [0.29, 0.717) is 16.9 Å². The maximum atomic E-state index is 12.5. The van der Waals surface area contributed by atoms with E-state index in [-0.39, 0.29) is 16.3 Å². The molecule has 6 nitrogen and oxygen atoms in total. The first-order chi connectivity index (χ1) is 12.4. The van der Waals surface area contributed by atoms with E-state index in [1.807, 2.05) is 6.07 Å². The molecular weight excluding hydrogens is 356 g/mol. The Morgan fingerprint density at radius 2 is 1.85 bits per heavy atom. The molecule has 0 saturated heterocycles. The fourth-order valence-electron chi connectivity index (χ4n) is 2.23. The molecule has 1 atom stereocenters. The molecule has 2 aromatic rings. The predicted octanol–water partition coefficient (Wildman–Crippen LogP) is 3.71. The van der Waals surface area contributed by atoms with Crippen LogP contribution >= 0.6 is 11.6 Å². The molecule has 0 saturated carbocycles. The smallest absolute Gasteiger partial charge is 0.341 e. The molecule has 0 bridgehead atoms. The number of carbonyl (C=O) groups excluding carboxylic acids is 2. The number of anilines is 1. The molecule has 0 fully saturated rings. The van der Waals surface area contributed by atoms with E-state index < -0.39 is 18.0 Å². The van der Waals surface area contributed by atoms with Crippen molar-refractivity contribution in [2.24, 2.45) is 0 Å². The minimum Gasteiger partial charge on any atom is -0.481 e. The summed E-state index contributed by atoms with van der Waals surface area (Å²) in [7, 11) is 1.24. The zero-order valence-electron chi connectivity index (χ0n) is 14.5. The third kappa shape index (κ3) is 4.32. The number of aryl methyl sites for hydroxylation is 1. The van der Waals surface area contributed by atoms with Crippen molar-refractivity contribution in [3.8, 4) is 11.8 Å². The van der Waals surface area contributed by atoms with Crippen LogP contribution in [0.2, 0.25) is 5.02 Å². The SMILES string of the molecule is COC(=O)c1c(Cl)ccc(C)c1NC(=O)C(C)Oc1ccc(C#N)cc1. The summed E-state index contributed by atoms with van der Waals surface area (Å²) in [5.74, 6) is -0.651. The first kappa shape index (κ1) is 19.3. The third-order valence-electron chi connectivity index (χ3n) is 3.67. The Labute approximate surface area is 156 Å². The second-order valence-electron chi connectivity index (χ2n) is 5.49. The maximum absolute atomic E-state index is 12.5. The number of nitriles is 1. The lowest BCUT2D eigenvalue weighted by Crippen LogP contribution is -2.31. The average Bonchev–Trinajstić information content (AvgIpc) is 2.64. The Kier molecular flexibility index (Phi) is 6.21. The molecule has 2 aromatic carbocycles. The van der Waals surface area contributed by atoms with Gasteiger partial charge in [0.25, 0.3) is 5.91 Å². The first-order valence-corrected chi connectivity index (χ1v) is 8.10. The van der Waals surface area contributed by atoms with Crippen molar-refractivity contribution in [2.45, 2.75) is 20.0 Å². The van der Waals surface area contributed by atoms with Crippen LogP contribution in [0.25, 0.3) is 0 Å². The van der Waals surface area contributed by atoms with Crippen molar-refractivity contribution in [1.82, 2.24) is 0 Å². The topological polar surface area (TPSA) is 88.4 Å². The number of nitrogens with one attached hydrogen (secondary N) is 1. The monoisotopic (exact) mass is 372 g/mol. The van der Waals surface area contributed by atoms with Gasteiger partial charge in [-0.05, 0) is 49.7 Å². The highest BCUT2D eigenvalue weighted by Gasteiger charge is 2.22. The van der Waals surface area contributed by atoms with Crippen LogP contribution in [0.3, 0.4) is 0 Å². The molecule has 1 unspecified atom stereocenters. The molecule has 0 aliphatic rings. The van der Waals surface area contributed by atoms with Gasteiger partial charge in [0.15, 0.2) is 6.10 Å². The molecule has 1 amide bonds. The van der Waals surface area contributed by atoms with Crippen LogP contribution in [-0.2, 0) is 9.53 Å². The number of rotatable bonds is 5. The number of carbonyl (C=O) groups is 2. The first-order valence-electron chi connectivity index (χ1n) is 7.72. The van der Waals surface area contributed by atoms with Gasteiger partial charge in [-0.2, -0.15) is 5.26 Å². The van der Waals surface area contributed by atoms with Crippen LogP contribution in [0.15, 0.2) is 36.4 Å². The molecule has 2 rings (SSSR count). The van der Waals surface area contributed by atoms with E-state index in [0.717, 1.165) is 0 Å². The van der Waals surface area contributed by atoms with Gasteiger partial charge in [-0.25, -0.2) is 4.79 Å².